The van der Waals surface area contributed by atoms with E-state index >= 15 is 0 Å². The minimum Gasteiger partial charge on any atom is -0.369 e. The van der Waals surface area contributed by atoms with E-state index in [0.29, 0.717) is 11.7 Å². The number of benzene rings is 1. The smallest absolute Gasteiger partial charge is 0.258 e. The molecule has 4 rings (SSSR count). The van der Waals surface area contributed by atoms with Crippen molar-refractivity contribution in [3.05, 3.63) is 59.6 Å². The van der Waals surface area contributed by atoms with Crippen LogP contribution in [-0.2, 0) is 0 Å². The number of rotatable bonds is 3. The SMILES string of the molecule is Cc1cn2cc(NC(=O)c3ccc(N4CCN[C@H](C)C4)cc3F)cc(F)c2n1.Cl. The Morgan fingerprint density at radius 3 is 2.76 bits per heavy atom. The van der Waals surface area contributed by atoms with Gasteiger partial charge in [0.2, 0.25) is 0 Å². The van der Waals surface area contributed by atoms with Gasteiger partial charge < -0.3 is 19.9 Å². The molecule has 29 heavy (non-hydrogen) atoms. The van der Waals surface area contributed by atoms with E-state index in [1.807, 2.05) is 0 Å². The third-order valence-electron chi connectivity index (χ3n) is 4.82. The molecule has 1 saturated heterocycles. The normalized spacial score (nSPS) is 16.6. The van der Waals surface area contributed by atoms with E-state index in [2.05, 4.69) is 27.4 Å². The second-order valence-corrected chi connectivity index (χ2v) is 7.11. The summed E-state index contributed by atoms with van der Waals surface area (Å²) in [5, 5.41) is 5.89. The Morgan fingerprint density at radius 1 is 1.24 bits per heavy atom. The van der Waals surface area contributed by atoms with Crippen LogP contribution in [0.4, 0.5) is 20.2 Å². The Morgan fingerprint density at radius 2 is 2.03 bits per heavy atom. The summed E-state index contributed by atoms with van der Waals surface area (Å²) in [6, 6.07) is 6.06. The van der Waals surface area contributed by atoms with Gasteiger partial charge in [-0.15, -0.1) is 12.4 Å². The second kappa shape index (κ2) is 8.34. The minimum atomic E-state index is -0.631. The van der Waals surface area contributed by atoms with Gasteiger partial charge in [-0.1, -0.05) is 0 Å². The molecule has 3 heterocycles. The average Bonchev–Trinajstić information content (AvgIpc) is 3.02. The summed E-state index contributed by atoms with van der Waals surface area (Å²) in [5.74, 6) is -1.80. The van der Waals surface area contributed by atoms with Crippen LogP contribution in [-0.4, -0.2) is 41.0 Å². The molecule has 0 saturated carbocycles. The van der Waals surface area contributed by atoms with Crippen LogP contribution in [0, 0.1) is 18.6 Å². The fourth-order valence-electron chi connectivity index (χ4n) is 3.50. The molecule has 0 bridgehead atoms. The number of aromatic nitrogens is 2. The lowest BCUT2D eigenvalue weighted by atomic mass is 10.1. The Labute approximate surface area is 173 Å². The van der Waals surface area contributed by atoms with Gasteiger partial charge in [-0.2, -0.15) is 0 Å². The van der Waals surface area contributed by atoms with Gasteiger partial charge in [0, 0.05) is 49.8 Å². The highest BCUT2D eigenvalue weighted by Crippen LogP contribution is 2.22. The maximum atomic E-state index is 14.6. The van der Waals surface area contributed by atoms with Crippen molar-refractivity contribution < 1.29 is 13.6 Å². The van der Waals surface area contributed by atoms with Crippen molar-refractivity contribution in [3.63, 3.8) is 0 Å². The van der Waals surface area contributed by atoms with Gasteiger partial charge in [0.25, 0.3) is 5.91 Å². The van der Waals surface area contributed by atoms with E-state index in [9.17, 15) is 13.6 Å². The lowest BCUT2D eigenvalue weighted by molar-refractivity contribution is 0.102. The molecule has 1 amide bonds. The quantitative estimate of drug-likeness (QED) is 0.680. The van der Waals surface area contributed by atoms with Crippen LogP contribution in [0.1, 0.15) is 23.0 Å². The van der Waals surface area contributed by atoms with Crippen molar-refractivity contribution in [2.45, 2.75) is 19.9 Å². The number of fused-ring (bicyclic) bond motifs is 1. The first-order chi connectivity index (χ1) is 13.4. The number of imidazole rings is 1. The summed E-state index contributed by atoms with van der Waals surface area (Å²) < 4.78 is 30.3. The first-order valence-corrected chi connectivity index (χ1v) is 9.15. The summed E-state index contributed by atoms with van der Waals surface area (Å²) in [4.78, 5) is 18.7. The average molecular weight is 422 g/mol. The fraction of sp³-hybridized carbons (Fsp3) is 0.300. The Kier molecular flexibility index (Phi) is 6.04. The zero-order valence-corrected chi connectivity index (χ0v) is 16.9. The van der Waals surface area contributed by atoms with Crippen LogP contribution in [0.25, 0.3) is 5.65 Å². The van der Waals surface area contributed by atoms with E-state index in [4.69, 9.17) is 0 Å². The first-order valence-electron chi connectivity index (χ1n) is 9.15. The zero-order chi connectivity index (χ0) is 19.8. The molecule has 0 aliphatic carbocycles. The largest absolute Gasteiger partial charge is 0.369 e. The summed E-state index contributed by atoms with van der Waals surface area (Å²) in [7, 11) is 0. The standard InChI is InChI=1S/C20H21F2N5O.ClH/c1-12-9-26(6-5-23-12)15-3-4-16(17(21)8-15)20(28)25-14-7-18(22)19-24-13(2)10-27(19)11-14;/h3-4,7-8,10-12,23H,5-6,9H2,1-2H3,(H,25,28);1H/t12-;/m1./s1. The predicted molar refractivity (Wildman–Crippen MR) is 111 cm³/mol. The number of aryl methyl sites for hydroxylation is 1. The maximum Gasteiger partial charge on any atom is 0.258 e. The van der Waals surface area contributed by atoms with Gasteiger partial charge >= 0.3 is 0 Å². The number of nitrogens with zero attached hydrogens (tertiary/aromatic N) is 3. The lowest BCUT2D eigenvalue weighted by Gasteiger charge is -2.33. The number of hydrogen-bond acceptors (Lipinski definition) is 4. The summed E-state index contributed by atoms with van der Waals surface area (Å²) in [6.45, 7) is 6.20. The van der Waals surface area contributed by atoms with Crippen LogP contribution in [0.3, 0.4) is 0 Å². The predicted octanol–water partition coefficient (Wildman–Crippen LogP) is 3.39. The number of nitrogens with one attached hydrogen (secondary N) is 2. The number of halogens is 3. The highest BCUT2D eigenvalue weighted by Gasteiger charge is 2.19. The molecule has 1 atom stereocenters. The van der Waals surface area contributed by atoms with Gasteiger partial charge in [0.1, 0.15) is 5.82 Å². The van der Waals surface area contributed by atoms with Crippen molar-refractivity contribution >= 4 is 35.3 Å². The molecule has 1 aliphatic rings. The number of hydrogen-bond donors (Lipinski definition) is 2. The molecule has 1 aliphatic heterocycles. The number of piperazine rings is 1. The van der Waals surface area contributed by atoms with Gasteiger partial charge in [0.05, 0.1) is 16.9 Å². The molecule has 0 spiro atoms. The Hall–Kier alpha value is -2.71. The van der Waals surface area contributed by atoms with Crippen LogP contribution < -0.4 is 15.5 Å². The fourth-order valence-corrected chi connectivity index (χ4v) is 3.50. The molecular formula is C20H22ClF2N5O. The third kappa shape index (κ3) is 4.33. The van der Waals surface area contributed by atoms with Crippen LogP contribution in [0.5, 0.6) is 0 Å². The second-order valence-electron chi connectivity index (χ2n) is 7.11. The molecular weight excluding hydrogens is 400 g/mol. The van der Waals surface area contributed by atoms with Crippen molar-refractivity contribution in [1.29, 1.82) is 0 Å². The number of pyridine rings is 1. The van der Waals surface area contributed by atoms with Gasteiger partial charge in [0.15, 0.2) is 11.5 Å². The first kappa shape index (κ1) is 21.0. The van der Waals surface area contributed by atoms with Gasteiger partial charge in [-0.25, -0.2) is 13.8 Å². The summed E-state index contributed by atoms with van der Waals surface area (Å²) in [6.07, 6.45) is 3.20. The van der Waals surface area contributed by atoms with Crippen molar-refractivity contribution in [3.8, 4) is 0 Å². The molecule has 9 heteroatoms. The van der Waals surface area contributed by atoms with E-state index < -0.39 is 17.5 Å². The van der Waals surface area contributed by atoms with Crippen LogP contribution >= 0.6 is 12.4 Å². The van der Waals surface area contributed by atoms with Crippen molar-refractivity contribution in [1.82, 2.24) is 14.7 Å². The van der Waals surface area contributed by atoms with Gasteiger partial charge in [-0.3, -0.25) is 4.79 Å². The molecule has 1 fully saturated rings. The van der Waals surface area contributed by atoms with Gasteiger partial charge in [-0.05, 0) is 32.0 Å². The molecule has 6 nitrogen and oxygen atoms in total. The van der Waals surface area contributed by atoms with Crippen LogP contribution in [0.15, 0.2) is 36.7 Å². The lowest BCUT2D eigenvalue weighted by Crippen LogP contribution is -2.49. The van der Waals surface area contributed by atoms with E-state index in [-0.39, 0.29) is 29.3 Å². The van der Waals surface area contributed by atoms with E-state index in [1.165, 1.54) is 22.6 Å². The zero-order valence-electron chi connectivity index (χ0n) is 16.1. The molecule has 154 valence electrons. The Bertz CT molecular complexity index is 1050. The monoisotopic (exact) mass is 421 g/mol. The molecule has 0 radical (unpaired) electrons. The molecule has 0 unspecified atom stereocenters. The maximum absolute atomic E-state index is 14.6. The molecule has 3 aromatic rings. The highest BCUT2D eigenvalue weighted by atomic mass is 35.5. The Balaban J connectivity index is 0.00000240. The highest BCUT2D eigenvalue weighted by molar-refractivity contribution is 6.04. The molecule has 2 aromatic heterocycles. The summed E-state index contributed by atoms with van der Waals surface area (Å²) >= 11 is 0. The molecule has 2 N–H and O–H groups in total. The van der Waals surface area contributed by atoms with Crippen molar-refractivity contribution in [2.75, 3.05) is 29.9 Å². The molecule has 1 aromatic carbocycles. The number of amides is 1. The summed E-state index contributed by atoms with van der Waals surface area (Å²) in [5.41, 5.74) is 1.72. The van der Waals surface area contributed by atoms with E-state index in [1.54, 1.807) is 25.4 Å². The number of carbonyl (C=O) groups excluding carboxylic acids is 1. The number of anilines is 2. The number of carbonyl (C=O) groups is 1. The topological polar surface area (TPSA) is 61.7 Å². The third-order valence-corrected chi connectivity index (χ3v) is 4.82. The minimum absolute atomic E-state index is 0. The van der Waals surface area contributed by atoms with Crippen LogP contribution in [0.2, 0.25) is 0 Å². The van der Waals surface area contributed by atoms with E-state index in [0.717, 1.165) is 25.3 Å². The van der Waals surface area contributed by atoms with Crippen molar-refractivity contribution in [2.24, 2.45) is 0 Å².